The van der Waals surface area contributed by atoms with Gasteiger partial charge < -0.3 is 9.73 Å². The van der Waals surface area contributed by atoms with Crippen LogP contribution in [0, 0.1) is 0 Å². The van der Waals surface area contributed by atoms with Crippen molar-refractivity contribution in [2.75, 3.05) is 18.2 Å². The first-order valence-corrected chi connectivity index (χ1v) is 9.12. The average Bonchev–Trinajstić information content (AvgIpc) is 3.52. The Balaban J connectivity index is 1.52. The maximum absolute atomic E-state index is 12.8. The first kappa shape index (κ1) is 17.9. The van der Waals surface area contributed by atoms with Gasteiger partial charge in [0.1, 0.15) is 18.1 Å². The van der Waals surface area contributed by atoms with Crippen LogP contribution >= 0.6 is 0 Å². The first-order chi connectivity index (χ1) is 14.6. The van der Waals surface area contributed by atoms with E-state index in [4.69, 9.17) is 10.3 Å². The Bertz CT molecular complexity index is 1310. The van der Waals surface area contributed by atoms with Crippen LogP contribution in [0.1, 0.15) is 21.8 Å². The number of rotatable bonds is 5. The van der Waals surface area contributed by atoms with Gasteiger partial charge in [0.15, 0.2) is 11.6 Å². The second kappa shape index (κ2) is 6.73. The average molecular weight is 410 g/mol. The highest BCUT2D eigenvalue weighted by Gasteiger charge is 2.30. The molecular weight excluding hydrogens is 392 g/mol. The number of aliphatic imine (C=N–C) groups is 1. The summed E-state index contributed by atoms with van der Waals surface area (Å²) in [7, 11) is 1.63. The zero-order chi connectivity index (χ0) is 20.8. The molecule has 0 unspecified atom stereocenters. The Morgan fingerprint density at radius 1 is 1.43 bits per heavy atom. The molecule has 0 aliphatic carbocycles. The van der Waals surface area contributed by atoms with E-state index in [2.05, 4.69) is 25.5 Å². The van der Waals surface area contributed by atoms with E-state index in [1.165, 1.54) is 26.7 Å². The maximum Gasteiger partial charge on any atom is 0.345 e. The lowest BCUT2D eigenvalue weighted by Gasteiger charge is -2.20. The number of aryl methyl sites for hydroxylation is 1. The predicted molar refractivity (Wildman–Crippen MR) is 105 cm³/mol. The number of carbonyl (C=O) groups excluding carboxylic acids is 1. The molecule has 0 spiro atoms. The molecule has 4 aromatic rings. The number of aromatic nitrogens is 6. The summed E-state index contributed by atoms with van der Waals surface area (Å²) in [4.78, 5) is 34.0. The molecule has 0 fully saturated rings. The summed E-state index contributed by atoms with van der Waals surface area (Å²) in [6.45, 7) is 0.658. The van der Waals surface area contributed by atoms with E-state index in [1.807, 2.05) is 0 Å². The topological polar surface area (TPSA) is 157 Å². The molecular formula is C17H18N10O3. The molecule has 0 atom stereocenters. The SMILES string of the molecule is Cn1c(=O)n(CCNC(=O)c2cn[nH]c2)c2nc3c(n21)C(c1ccco1)=NCN3N. The van der Waals surface area contributed by atoms with Gasteiger partial charge in [-0.1, -0.05) is 0 Å². The fourth-order valence-electron chi connectivity index (χ4n) is 3.45. The van der Waals surface area contributed by atoms with Gasteiger partial charge in [-0.3, -0.25) is 24.5 Å². The molecule has 154 valence electrons. The lowest BCUT2D eigenvalue weighted by molar-refractivity contribution is 0.0952. The lowest BCUT2D eigenvalue weighted by atomic mass is 10.2. The summed E-state index contributed by atoms with van der Waals surface area (Å²) in [5.74, 6) is 7.22. The van der Waals surface area contributed by atoms with Crippen LogP contribution < -0.4 is 21.9 Å². The molecule has 1 aliphatic heterocycles. The molecule has 5 rings (SSSR count). The van der Waals surface area contributed by atoms with Crippen molar-refractivity contribution in [1.29, 1.82) is 0 Å². The van der Waals surface area contributed by atoms with Gasteiger partial charge in [0.25, 0.3) is 5.91 Å². The zero-order valence-corrected chi connectivity index (χ0v) is 15.9. The van der Waals surface area contributed by atoms with Crippen molar-refractivity contribution in [3.05, 3.63) is 58.3 Å². The van der Waals surface area contributed by atoms with Gasteiger partial charge in [-0.15, -0.1) is 0 Å². The standard InChI is InChI=1S/C17H18N10O3/c1-24-17(29)25(5-4-19-15(28)10-7-21-22-8-10)16-23-14-13(27(16)24)12(20-9-26(14)18)11-3-2-6-30-11/h2-3,6-8H,4-5,9,18H2,1H3,(H,19,28)(H,21,22). The fourth-order valence-corrected chi connectivity index (χ4v) is 3.45. The minimum absolute atomic E-state index is 0.206. The maximum atomic E-state index is 12.8. The molecule has 0 saturated carbocycles. The highest BCUT2D eigenvalue weighted by molar-refractivity contribution is 6.14. The number of fused-ring (bicyclic) bond motifs is 3. The monoisotopic (exact) mass is 410 g/mol. The van der Waals surface area contributed by atoms with Gasteiger partial charge in [-0.2, -0.15) is 10.1 Å². The van der Waals surface area contributed by atoms with Crippen molar-refractivity contribution >= 4 is 23.2 Å². The van der Waals surface area contributed by atoms with E-state index >= 15 is 0 Å². The summed E-state index contributed by atoms with van der Waals surface area (Å²) < 4.78 is 10.1. The van der Waals surface area contributed by atoms with Crippen molar-refractivity contribution < 1.29 is 9.21 Å². The number of carbonyl (C=O) groups is 1. The molecule has 0 radical (unpaired) electrons. The number of hydrazine groups is 1. The number of amides is 1. The number of H-pyrrole nitrogens is 1. The molecule has 0 aromatic carbocycles. The third kappa shape index (κ3) is 2.63. The number of nitrogens with one attached hydrogen (secondary N) is 2. The van der Waals surface area contributed by atoms with Crippen LogP contribution in [0.15, 0.2) is 45.0 Å². The number of furan rings is 1. The molecule has 4 aromatic heterocycles. The van der Waals surface area contributed by atoms with Crippen LogP contribution in [0.2, 0.25) is 0 Å². The summed E-state index contributed by atoms with van der Waals surface area (Å²) >= 11 is 0. The summed E-state index contributed by atoms with van der Waals surface area (Å²) in [5.41, 5.74) is 1.25. The third-order valence-electron chi connectivity index (χ3n) is 4.88. The quantitative estimate of drug-likeness (QED) is 0.359. The molecule has 13 heteroatoms. The van der Waals surface area contributed by atoms with Gasteiger partial charge in [-0.05, 0) is 12.1 Å². The van der Waals surface area contributed by atoms with Crippen LogP contribution in [0.4, 0.5) is 5.82 Å². The van der Waals surface area contributed by atoms with E-state index in [0.717, 1.165) is 0 Å². The van der Waals surface area contributed by atoms with Crippen molar-refractivity contribution in [1.82, 2.24) is 34.3 Å². The molecule has 5 heterocycles. The van der Waals surface area contributed by atoms with E-state index < -0.39 is 0 Å². The largest absolute Gasteiger partial charge is 0.463 e. The van der Waals surface area contributed by atoms with Crippen LogP contribution in [-0.2, 0) is 13.6 Å². The smallest absolute Gasteiger partial charge is 0.345 e. The van der Waals surface area contributed by atoms with E-state index in [9.17, 15) is 9.59 Å². The Kier molecular flexibility index (Phi) is 4.03. The third-order valence-corrected chi connectivity index (χ3v) is 4.88. The number of hydrogen-bond donors (Lipinski definition) is 3. The highest BCUT2D eigenvalue weighted by atomic mass is 16.3. The Morgan fingerprint density at radius 3 is 3.03 bits per heavy atom. The lowest BCUT2D eigenvalue weighted by Crippen LogP contribution is -2.37. The molecule has 30 heavy (non-hydrogen) atoms. The van der Waals surface area contributed by atoms with Gasteiger partial charge in [-0.25, -0.2) is 19.8 Å². The number of hydrogen-bond acceptors (Lipinski definition) is 8. The zero-order valence-electron chi connectivity index (χ0n) is 15.9. The molecule has 4 N–H and O–H groups in total. The van der Waals surface area contributed by atoms with Crippen LogP contribution in [-0.4, -0.2) is 53.8 Å². The van der Waals surface area contributed by atoms with Crippen LogP contribution in [0.25, 0.3) is 5.78 Å². The Morgan fingerprint density at radius 2 is 2.30 bits per heavy atom. The van der Waals surface area contributed by atoms with E-state index in [-0.39, 0.29) is 31.4 Å². The van der Waals surface area contributed by atoms with Crippen molar-refractivity contribution in [3.8, 4) is 0 Å². The van der Waals surface area contributed by atoms with E-state index in [0.29, 0.717) is 34.3 Å². The summed E-state index contributed by atoms with van der Waals surface area (Å²) in [6, 6.07) is 3.55. The van der Waals surface area contributed by atoms with Crippen molar-refractivity contribution in [3.63, 3.8) is 0 Å². The predicted octanol–water partition coefficient (Wildman–Crippen LogP) is -0.931. The molecule has 0 saturated heterocycles. The molecule has 1 amide bonds. The number of nitrogens with zero attached hydrogens (tertiary/aromatic N) is 7. The second-order valence-corrected chi connectivity index (χ2v) is 6.69. The molecule has 1 aliphatic rings. The first-order valence-electron chi connectivity index (χ1n) is 9.12. The van der Waals surface area contributed by atoms with Gasteiger partial charge in [0.2, 0.25) is 5.78 Å². The number of anilines is 1. The number of imidazole rings is 1. The minimum Gasteiger partial charge on any atom is -0.463 e. The number of aromatic amines is 1. The van der Waals surface area contributed by atoms with E-state index in [1.54, 1.807) is 30.0 Å². The van der Waals surface area contributed by atoms with Crippen molar-refractivity contribution in [2.45, 2.75) is 6.54 Å². The van der Waals surface area contributed by atoms with Crippen molar-refractivity contribution in [2.24, 2.45) is 17.9 Å². The van der Waals surface area contributed by atoms with Gasteiger partial charge in [0, 0.05) is 26.3 Å². The Hall–Kier alpha value is -4.13. The van der Waals surface area contributed by atoms with Gasteiger partial charge in [0.05, 0.1) is 18.0 Å². The summed E-state index contributed by atoms with van der Waals surface area (Å²) in [6.07, 6.45) is 4.48. The minimum atomic E-state index is -0.286. The highest BCUT2D eigenvalue weighted by Crippen LogP contribution is 2.26. The number of nitrogens with two attached hydrogens (primary N) is 1. The Labute approximate surface area is 168 Å². The fraction of sp³-hybridized carbons (Fsp3) is 0.235. The summed E-state index contributed by atoms with van der Waals surface area (Å²) in [5, 5.41) is 10.5. The van der Waals surface area contributed by atoms with Crippen LogP contribution in [0.3, 0.4) is 0 Å². The van der Waals surface area contributed by atoms with Crippen LogP contribution in [0.5, 0.6) is 0 Å². The normalized spacial score (nSPS) is 13.5. The molecule has 0 bridgehead atoms. The van der Waals surface area contributed by atoms with Gasteiger partial charge >= 0.3 is 5.69 Å². The second-order valence-electron chi connectivity index (χ2n) is 6.69. The molecule has 13 nitrogen and oxygen atoms in total.